The standard InChI is InChI=1S/C13H15N3O3S/c1-13(2,11(18)19)6-15-10(17)7-3-4-8-9(5-7)20-12(14)16-8/h3-5H,6H2,1-2H3,(H2,14,16)(H,15,17)(H,18,19). The number of anilines is 1. The van der Waals surface area contributed by atoms with Crippen LogP contribution in [0.3, 0.4) is 0 Å². The van der Waals surface area contributed by atoms with Gasteiger partial charge in [-0.05, 0) is 32.0 Å². The summed E-state index contributed by atoms with van der Waals surface area (Å²) in [6.45, 7) is 3.18. The van der Waals surface area contributed by atoms with E-state index in [0.29, 0.717) is 10.7 Å². The Balaban J connectivity index is 2.13. The Bertz CT molecular complexity index is 679. The van der Waals surface area contributed by atoms with Crippen LogP contribution in [0.15, 0.2) is 18.2 Å². The molecule has 0 saturated heterocycles. The number of carbonyl (C=O) groups excluding carboxylic acids is 1. The number of rotatable bonds is 4. The maximum absolute atomic E-state index is 12.0. The molecule has 1 aromatic carbocycles. The molecule has 0 aliphatic rings. The molecule has 0 aliphatic carbocycles. The van der Waals surface area contributed by atoms with Crippen LogP contribution in [0.4, 0.5) is 5.13 Å². The second-order valence-electron chi connectivity index (χ2n) is 5.11. The van der Waals surface area contributed by atoms with Crippen molar-refractivity contribution in [3.05, 3.63) is 23.8 Å². The van der Waals surface area contributed by atoms with Gasteiger partial charge in [0, 0.05) is 12.1 Å². The summed E-state index contributed by atoms with van der Waals surface area (Å²) < 4.78 is 0.827. The molecule has 0 fully saturated rings. The molecule has 0 unspecified atom stereocenters. The molecule has 1 aromatic heterocycles. The molecule has 1 heterocycles. The zero-order chi connectivity index (χ0) is 14.9. The number of carbonyl (C=O) groups is 2. The molecule has 0 atom stereocenters. The predicted octanol–water partition coefficient (Wildman–Crippen LogP) is 1.72. The van der Waals surface area contributed by atoms with Crippen LogP contribution in [-0.2, 0) is 4.79 Å². The van der Waals surface area contributed by atoms with Crippen LogP contribution in [0.25, 0.3) is 10.2 Å². The summed E-state index contributed by atoms with van der Waals surface area (Å²) in [4.78, 5) is 27.1. The molecule has 2 rings (SSSR count). The van der Waals surface area contributed by atoms with Gasteiger partial charge in [-0.15, -0.1) is 0 Å². The van der Waals surface area contributed by atoms with Crippen molar-refractivity contribution in [1.82, 2.24) is 10.3 Å². The van der Waals surface area contributed by atoms with Gasteiger partial charge in [0.25, 0.3) is 5.91 Å². The summed E-state index contributed by atoms with van der Waals surface area (Å²) in [7, 11) is 0. The first-order valence-electron chi connectivity index (χ1n) is 5.97. The lowest BCUT2D eigenvalue weighted by Crippen LogP contribution is -2.38. The van der Waals surface area contributed by atoms with Crippen LogP contribution in [0.2, 0.25) is 0 Å². The summed E-state index contributed by atoms with van der Waals surface area (Å²) in [5.74, 6) is -1.27. The maximum atomic E-state index is 12.0. The minimum atomic E-state index is -1.01. The van der Waals surface area contributed by atoms with Crippen LogP contribution >= 0.6 is 11.3 Å². The lowest BCUT2D eigenvalue weighted by atomic mass is 9.94. The van der Waals surface area contributed by atoms with Gasteiger partial charge in [0.05, 0.1) is 15.6 Å². The number of hydrogen-bond donors (Lipinski definition) is 3. The number of carboxylic acids is 1. The fourth-order valence-corrected chi connectivity index (χ4v) is 2.34. The Hall–Kier alpha value is -2.15. The van der Waals surface area contributed by atoms with Crippen molar-refractivity contribution >= 4 is 38.6 Å². The Kier molecular flexibility index (Phi) is 3.63. The van der Waals surface area contributed by atoms with Crippen molar-refractivity contribution in [3.8, 4) is 0 Å². The highest BCUT2D eigenvalue weighted by Crippen LogP contribution is 2.24. The molecule has 0 aliphatic heterocycles. The number of thiazole rings is 1. The zero-order valence-corrected chi connectivity index (χ0v) is 12.0. The van der Waals surface area contributed by atoms with E-state index in [2.05, 4.69) is 10.3 Å². The molecule has 0 radical (unpaired) electrons. The fourth-order valence-electron chi connectivity index (χ4n) is 1.56. The van der Waals surface area contributed by atoms with Crippen molar-refractivity contribution in [3.63, 3.8) is 0 Å². The number of aliphatic carboxylic acids is 1. The lowest BCUT2D eigenvalue weighted by Gasteiger charge is -2.19. The monoisotopic (exact) mass is 293 g/mol. The van der Waals surface area contributed by atoms with Crippen LogP contribution < -0.4 is 11.1 Å². The van der Waals surface area contributed by atoms with E-state index in [1.807, 2.05) is 0 Å². The van der Waals surface area contributed by atoms with Gasteiger partial charge in [0.15, 0.2) is 5.13 Å². The van der Waals surface area contributed by atoms with Gasteiger partial charge >= 0.3 is 5.97 Å². The van der Waals surface area contributed by atoms with Crippen LogP contribution in [-0.4, -0.2) is 28.5 Å². The first-order chi connectivity index (χ1) is 9.29. The third-order valence-electron chi connectivity index (χ3n) is 2.94. The van der Waals surface area contributed by atoms with Gasteiger partial charge in [0.1, 0.15) is 0 Å². The van der Waals surface area contributed by atoms with E-state index in [1.165, 1.54) is 11.3 Å². The molecule has 0 saturated carbocycles. The van der Waals surface area contributed by atoms with Crippen LogP contribution in [0.5, 0.6) is 0 Å². The number of nitrogens with zero attached hydrogens (tertiary/aromatic N) is 1. The third kappa shape index (κ3) is 2.88. The predicted molar refractivity (Wildman–Crippen MR) is 77.8 cm³/mol. The lowest BCUT2D eigenvalue weighted by molar-refractivity contribution is -0.146. The van der Waals surface area contributed by atoms with Crippen molar-refractivity contribution in [2.24, 2.45) is 5.41 Å². The van der Waals surface area contributed by atoms with Crippen molar-refractivity contribution in [2.75, 3.05) is 12.3 Å². The topological polar surface area (TPSA) is 105 Å². The number of benzene rings is 1. The Morgan fingerprint density at radius 3 is 2.80 bits per heavy atom. The Morgan fingerprint density at radius 2 is 2.15 bits per heavy atom. The van der Waals surface area contributed by atoms with E-state index in [4.69, 9.17) is 10.8 Å². The second kappa shape index (κ2) is 5.09. The molecule has 0 spiro atoms. The highest BCUT2D eigenvalue weighted by Gasteiger charge is 2.27. The Labute approximate surface area is 119 Å². The minimum Gasteiger partial charge on any atom is -0.481 e. The van der Waals surface area contributed by atoms with Gasteiger partial charge < -0.3 is 16.2 Å². The van der Waals surface area contributed by atoms with Crippen LogP contribution in [0.1, 0.15) is 24.2 Å². The van der Waals surface area contributed by atoms with E-state index in [1.54, 1.807) is 32.0 Å². The number of nitrogen functional groups attached to an aromatic ring is 1. The molecule has 4 N–H and O–H groups in total. The molecular formula is C13H15N3O3S. The molecule has 7 heteroatoms. The molecule has 2 aromatic rings. The van der Waals surface area contributed by atoms with E-state index < -0.39 is 11.4 Å². The Morgan fingerprint density at radius 1 is 1.45 bits per heavy atom. The van der Waals surface area contributed by atoms with Crippen LogP contribution in [0, 0.1) is 5.41 Å². The van der Waals surface area contributed by atoms with E-state index in [-0.39, 0.29) is 12.5 Å². The summed E-state index contributed by atoms with van der Waals surface area (Å²) in [6, 6.07) is 5.07. The van der Waals surface area contributed by atoms with E-state index in [9.17, 15) is 9.59 Å². The second-order valence-corrected chi connectivity index (χ2v) is 6.17. The summed E-state index contributed by atoms with van der Waals surface area (Å²) in [5.41, 5.74) is 5.81. The van der Waals surface area contributed by atoms with Crippen molar-refractivity contribution in [2.45, 2.75) is 13.8 Å². The smallest absolute Gasteiger partial charge is 0.310 e. The van der Waals surface area contributed by atoms with Gasteiger partial charge in [0.2, 0.25) is 0 Å². The van der Waals surface area contributed by atoms with E-state index >= 15 is 0 Å². The number of carboxylic acid groups (broad SMARTS) is 1. The number of nitrogens with two attached hydrogens (primary N) is 1. The quantitative estimate of drug-likeness (QED) is 0.796. The third-order valence-corrected chi connectivity index (χ3v) is 3.78. The number of hydrogen-bond acceptors (Lipinski definition) is 5. The number of fused-ring (bicyclic) bond motifs is 1. The average molecular weight is 293 g/mol. The fraction of sp³-hybridized carbons (Fsp3) is 0.308. The average Bonchev–Trinajstić information content (AvgIpc) is 2.74. The summed E-state index contributed by atoms with van der Waals surface area (Å²) >= 11 is 1.30. The minimum absolute atomic E-state index is 0.0596. The first-order valence-corrected chi connectivity index (χ1v) is 6.79. The first kappa shape index (κ1) is 14.3. The molecule has 6 nitrogen and oxygen atoms in total. The van der Waals surface area contributed by atoms with Crippen molar-refractivity contribution < 1.29 is 14.7 Å². The number of aromatic nitrogens is 1. The van der Waals surface area contributed by atoms with Gasteiger partial charge in [-0.2, -0.15) is 0 Å². The SMILES string of the molecule is CC(C)(CNC(=O)c1ccc2nc(N)sc2c1)C(=O)O. The highest BCUT2D eigenvalue weighted by molar-refractivity contribution is 7.22. The largest absolute Gasteiger partial charge is 0.481 e. The number of nitrogens with one attached hydrogen (secondary N) is 1. The maximum Gasteiger partial charge on any atom is 0.310 e. The highest BCUT2D eigenvalue weighted by atomic mass is 32.1. The summed E-state index contributed by atoms with van der Waals surface area (Å²) in [6.07, 6.45) is 0. The van der Waals surface area contributed by atoms with Crippen molar-refractivity contribution in [1.29, 1.82) is 0 Å². The summed E-state index contributed by atoms with van der Waals surface area (Å²) in [5, 5.41) is 12.1. The van der Waals surface area contributed by atoms with Gasteiger partial charge in [-0.1, -0.05) is 11.3 Å². The molecule has 0 bridgehead atoms. The number of amides is 1. The molecule has 106 valence electrons. The molecule has 20 heavy (non-hydrogen) atoms. The van der Waals surface area contributed by atoms with Gasteiger partial charge in [-0.3, -0.25) is 9.59 Å². The van der Waals surface area contributed by atoms with E-state index in [0.717, 1.165) is 10.2 Å². The zero-order valence-electron chi connectivity index (χ0n) is 11.1. The van der Waals surface area contributed by atoms with Gasteiger partial charge in [-0.25, -0.2) is 4.98 Å². The molecular weight excluding hydrogens is 278 g/mol. The molecule has 1 amide bonds. The normalized spacial score (nSPS) is 11.5.